The predicted molar refractivity (Wildman–Crippen MR) is 109 cm³/mol. The summed E-state index contributed by atoms with van der Waals surface area (Å²) in [7, 11) is 2.52. The standard InChI is InChI=1S/C22H27NO7/c1-5-30-22(27)23-12-18(14(2)10-15-6-8-16(13-24)9-7-15)17(11-19(25)28-3)20(23)21(26)29-4/h6-10,13,17-18,20H,5,11-12H2,1-4H3/b14-10+/t17-,18+,20-/m0/s1. The zero-order valence-corrected chi connectivity index (χ0v) is 17.6. The number of esters is 2. The Bertz CT molecular complexity index is 815. The smallest absolute Gasteiger partial charge is 0.410 e. The summed E-state index contributed by atoms with van der Waals surface area (Å²) in [6.07, 6.45) is 1.99. The number of aldehydes is 1. The van der Waals surface area contributed by atoms with E-state index in [-0.39, 0.29) is 25.5 Å². The van der Waals surface area contributed by atoms with Crippen LogP contribution in [0.15, 0.2) is 29.8 Å². The SMILES string of the molecule is CCOC(=O)N1C[C@H](/C(C)=C/c2ccc(C=O)cc2)[C@H](CC(=O)OC)[C@H]1C(=O)OC. The Morgan fingerprint density at radius 2 is 1.73 bits per heavy atom. The first-order chi connectivity index (χ1) is 14.4. The molecular weight excluding hydrogens is 390 g/mol. The molecule has 30 heavy (non-hydrogen) atoms. The summed E-state index contributed by atoms with van der Waals surface area (Å²) in [5.74, 6) is -1.90. The van der Waals surface area contributed by atoms with Crippen LogP contribution in [0.4, 0.5) is 4.79 Å². The molecule has 1 saturated heterocycles. The molecule has 0 unspecified atom stereocenters. The quantitative estimate of drug-likeness (QED) is 0.382. The molecule has 0 saturated carbocycles. The fourth-order valence-electron chi connectivity index (χ4n) is 3.78. The Hall–Kier alpha value is -3.16. The molecule has 2 rings (SSSR count). The van der Waals surface area contributed by atoms with Gasteiger partial charge in [-0.25, -0.2) is 9.59 Å². The van der Waals surface area contributed by atoms with E-state index in [1.54, 1.807) is 31.2 Å². The van der Waals surface area contributed by atoms with Gasteiger partial charge in [-0.15, -0.1) is 0 Å². The van der Waals surface area contributed by atoms with Crippen LogP contribution in [0.2, 0.25) is 0 Å². The minimum Gasteiger partial charge on any atom is -0.469 e. The van der Waals surface area contributed by atoms with Crippen LogP contribution in [0, 0.1) is 11.8 Å². The van der Waals surface area contributed by atoms with E-state index in [0.29, 0.717) is 5.56 Å². The molecule has 0 radical (unpaired) electrons. The number of likely N-dealkylation sites (tertiary alicyclic amines) is 1. The molecule has 8 heteroatoms. The maximum absolute atomic E-state index is 12.5. The zero-order chi connectivity index (χ0) is 22.3. The molecule has 1 fully saturated rings. The average molecular weight is 417 g/mol. The summed E-state index contributed by atoms with van der Waals surface area (Å²) >= 11 is 0. The number of nitrogens with zero attached hydrogens (tertiary/aromatic N) is 1. The molecule has 1 aliphatic rings. The van der Waals surface area contributed by atoms with Crippen molar-refractivity contribution >= 4 is 30.4 Å². The third-order valence-electron chi connectivity index (χ3n) is 5.28. The number of amides is 1. The van der Waals surface area contributed by atoms with Gasteiger partial charge in [-0.3, -0.25) is 14.5 Å². The van der Waals surface area contributed by atoms with Crippen molar-refractivity contribution in [3.05, 3.63) is 41.0 Å². The van der Waals surface area contributed by atoms with E-state index in [1.807, 2.05) is 13.0 Å². The van der Waals surface area contributed by atoms with Crippen LogP contribution >= 0.6 is 0 Å². The molecule has 0 spiro atoms. The first-order valence-corrected chi connectivity index (χ1v) is 9.67. The number of methoxy groups -OCH3 is 2. The summed E-state index contributed by atoms with van der Waals surface area (Å²) in [5.41, 5.74) is 2.30. The molecule has 0 aliphatic carbocycles. The Morgan fingerprint density at radius 3 is 2.27 bits per heavy atom. The summed E-state index contributed by atoms with van der Waals surface area (Å²) in [4.78, 5) is 49.3. The highest BCUT2D eigenvalue weighted by Crippen LogP contribution is 2.39. The Morgan fingerprint density at radius 1 is 1.10 bits per heavy atom. The maximum atomic E-state index is 12.5. The molecule has 0 bridgehead atoms. The molecule has 1 amide bonds. The first-order valence-electron chi connectivity index (χ1n) is 9.67. The van der Waals surface area contributed by atoms with E-state index in [2.05, 4.69) is 0 Å². The van der Waals surface area contributed by atoms with Crippen LogP contribution in [0.5, 0.6) is 0 Å². The summed E-state index contributed by atoms with van der Waals surface area (Å²) in [5, 5.41) is 0. The molecule has 1 heterocycles. The molecular formula is C22H27NO7. The van der Waals surface area contributed by atoms with Gasteiger partial charge in [0.05, 0.1) is 27.2 Å². The second kappa shape index (κ2) is 10.6. The van der Waals surface area contributed by atoms with Crippen LogP contribution in [0.25, 0.3) is 6.08 Å². The molecule has 162 valence electrons. The lowest BCUT2D eigenvalue weighted by atomic mass is 9.82. The van der Waals surface area contributed by atoms with Gasteiger partial charge in [0.2, 0.25) is 0 Å². The molecule has 1 aliphatic heterocycles. The van der Waals surface area contributed by atoms with E-state index >= 15 is 0 Å². The lowest BCUT2D eigenvalue weighted by Crippen LogP contribution is -2.44. The van der Waals surface area contributed by atoms with Gasteiger partial charge < -0.3 is 14.2 Å². The number of ether oxygens (including phenoxy) is 3. The lowest BCUT2D eigenvalue weighted by molar-refractivity contribution is -0.148. The van der Waals surface area contributed by atoms with Crippen LogP contribution in [-0.2, 0) is 23.8 Å². The first kappa shape index (κ1) is 23.1. The highest BCUT2D eigenvalue weighted by atomic mass is 16.6. The van der Waals surface area contributed by atoms with Crippen molar-refractivity contribution in [3.63, 3.8) is 0 Å². The van der Waals surface area contributed by atoms with Crippen LogP contribution in [0.3, 0.4) is 0 Å². The number of hydrogen-bond acceptors (Lipinski definition) is 7. The number of carbonyl (C=O) groups is 4. The van der Waals surface area contributed by atoms with E-state index in [0.717, 1.165) is 17.4 Å². The predicted octanol–water partition coefficient (Wildman–Crippen LogP) is 2.71. The van der Waals surface area contributed by atoms with Gasteiger partial charge in [0.25, 0.3) is 0 Å². The average Bonchev–Trinajstić information content (AvgIpc) is 3.13. The minimum absolute atomic E-state index is 0.0495. The van der Waals surface area contributed by atoms with Gasteiger partial charge >= 0.3 is 18.0 Å². The monoisotopic (exact) mass is 417 g/mol. The summed E-state index contributed by atoms with van der Waals surface area (Å²) in [6, 6.07) is 6.06. The van der Waals surface area contributed by atoms with Gasteiger partial charge in [-0.05, 0) is 19.4 Å². The van der Waals surface area contributed by atoms with E-state index < -0.39 is 30.0 Å². The molecule has 0 aromatic heterocycles. The Kier molecular flexibility index (Phi) is 8.15. The normalized spacial score (nSPS) is 21.1. The van der Waals surface area contributed by atoms with Crippen LogP contribution < -0.4 is 0 Å². The van der Waals surface area contributed by atoms with Gasteiger partial charge in [-0.1, -0.05) is 35.9 Å². The molecule has 8 nitrogen and oxygen atoms in total. The third-order valence-corrected chi connectivity index (χ3v) is 5.28. The van der Waals surface area contributed by atoms with Crippen molar-refractivity contribution in [1.29, 1.82) is 0 Å². The number of hydrogen-bond donors (Lipinski definition) is 0. The van der Waals surface area contributed by atoms with Crippen LogP contribution in [0.1, 0.15) is 36.2 Å². The second-order valence-electron chi connectivity index (χ2n) is 7.04. The van der Waals surface area contributed by atoms with Crippen molar-refractivity contribution in [2.24, 2.45) is 11.8 Å². The Balaban J connectivity index is 2.42. The number of benzene rings is 1. The van der Waals surface area contributed by atoms with Gasteiger partial charge in [0, 0.05) is 23.9 Å². The second-order valence-corrected chi connectivity index (χ2v) is 7.04. The molecule has 1 aromatic carbocycles. The number of carbonyl (C=O) groups excluding carboxylic acids is 4. The van der Waals surface area contributed by atoms with Gasteiger partial charge in [-0.2, -0.15) is 0 Å². The zero-order valence-electron chi connectivity index (χ0n) is 17.6. The van der Waals surface area contributed by atoms with Gasteiger partial charge in [0.15, 0.2) is 0 Å². The fourth-order valence-corrected chi connectivity index (χ4v) is 3.78. The molecule has 0 N–H and O–H groups in total. The largest absolute Gasteiger partial charge is 0.469 e. The third kappa shape index (κ3) is 5.25. The summed E-state index contributed by atoms with van der Waals surface area (Å²) in [6.45, 7) is 3.92. The van der Waals surface area contributed by atoms with Gasteiger partial charge in [0.1, 0.15) is 12.3 Å². The van der Waals surface area contributed by atoms with Crippen molar-refractivity contribution < 1.29 is 33.4 Å². The minimum atomic E-state index is -0.959. The molecule has 3 atom stereocenters. The van der Waals surface area contributed by atoms with Crippen molar-refractivity contribution in [2.75, 3.05) is 27.4 Å². The molecule has 1 aromatic rings. The van der Waals surface area contributed by atoms with Crippen LogP contribution in [-0.4, -0.2) is 62.6 Å². The van der Waals surface area contributed by atoms with Crippen molar-refractivity contribution in [1.82, 2.24) is 4.90 Å². The van der Waals surface area contributed by atoms with E-state index in [4.69, 9.17) is 14.2 Å². The maximum Gasteiger partial charge on any atom is 0.410 e. The fraction of sp³-hybridized carbons (Fsp3) is 0.455. The highest BCUT2D eigenvalue weighted by molar-refractivity contribution is 5.84. The van der Waals surface area contributed by atoms with Crippen molar-refractivity contribution in [3.8, 4) is 0 Å². The lowest BCUT2D eigenvalue weighted by Gasteiger charge is -2.25. The van der Waals surface area contributed by atoms with E-state index in [9.17, 15) is 19.2 Å². The summed E-state index contributed by atoms with van der Waals surface area (Å²) < 4.78 is 14.8. The number of rotatable bonds is 7. The topological polar surface area (TPSA) is 99.2 Å². The Labute approximate surface area is 175 Å². The van der Waals surface area contributed by atoms with E-state index in [1.165, 1.54) is 19.1 Å². The van der Waals surface area contributed by atoms with Crippen molar-refractivity contribution in [2.45, 2.75) is 26.3 Å². The highest BCUT2D eigenvalue weighted by Gasteiger charge is 2.50.